The number of benzene rings is 1. The van der Waals surface area contributed by atoms with E-state index in [1.54, 1.807) is 24.4 Å². The Balaban J connectivity index is 1.38. The van der Waals surface area contributed by atoms with Gasteiger partial charge in [-0.25, -0.2) is 9.37 Å². The van der Waals surface area contributed by atoms with Crippen LogP contribution in [0.3, 0.4) is 0 Å². The number of anilines is 2. The quantitative estimate of drug-likeness (QED) is 0.435. The van der Waals surface area contributed by atoms with Crippen molar-refractivity contribution in [2.24, 2.45) is 11.7 Å². The number of likely N-dealkylation sites (tertiary alicyclic amines) is 1. The van der Waals surface area contributed by atoms with E-state index in [2.05, 4.69) is 25.4 Å². The first kappa shape index (κ1) is 22.0. The van der Waals surface area contributed by atoms with Gasteiger partial charge in [-0.05, 0) is 56.7 Å². The molecule has 2 aromatic heterocycles. The number of nitrogen functional groups attached to an aromatic ring is 1. The Hall–Kier alpha value is -2.82. The topological polar surface area (TPSA) is 126 Å². The van der Waals surface area contributed by atoms with Crippen molar-refractivity contribution in [3.05, 3.63) is 47.7 Å². The van der Waals surface area contributed by atoms with Gasteiger partial charge in [-0.1, -0.05) is 23.5 Å². The number of nitrogens with zero attached hydrogens (tertiary/aromatic N) is 3. The molecular weight excluding hydrogens is 441 g/mol. The second-order valence-electron chi connectivity index (χ2n) is 8.87. The number of carbonyl (C=O) groups is 1. The number of thiazole rings is 1. The highest BCUT2D eigenvalue weighted by Crippen LogP contribution is 2.46. The summed E-state index contributed by atoms with van der Waals surface area (Å²) in [5.74, 6) is -0.298. The molecule has 0 bridgehead atoms. The number of hydrogen-bond donors (Lipinski definition) is 4. The molecule has 174 valence electrons. The smallest absolute Gasteiger partial charge is 0.277 e. The molecule has 1 aliphatic carbocycles. The van der Waals surface area contributed by atoms with E-state index < -0.39 is 11.7 Å². The lowest BCUT2D eigenvalue weighted by atomic mass is 10.0. The molecule has 1 amide bonds. The minimum atomic E-state index is -0.429. The summed E-state index contributed by atoms with van der Waals surface area (Å²) in [5, 5.41) is 10.9. The fraction of sp³-hybridized carbons (Fsp3) is 0.435. The van der Waals surface area contributed by atoms with E-state index in [0.29, 0.717) is 22.2 Å². The predicted molar refractivity (Wildman–Crippen MR) is 127 cm³/mol. The lowest BCUT2D eigenvalue weighted by Crippen LogP contribution is -2.33. The fourth-order valence-corrected chi connectivity index (χ4v) is 5.45. The van der Waals surface area contributed by atoms with Crippen LogP contribution in [-0.4, -0.2) is 45.1 Å². The fourth-order valence-electron chi connectivity index (χ4n) is 4.60. The Kier molecular flexibility index (Phi) is 6.13. The Morgan fingerprint density at radius 1 is 1.24 bits per heavy atom. The maximum atomic E-state index is 14.2. The zero-order valence-corrected chi connectivity index (χ0v) is 19.1. The van der Waals surface area contributed by atoms with Crippen LogP contribution in [0.2, 0.25) is 0 Å². The van der Waals surface area contributed by atoms with Gasteiger partial charge in [0, 0.05) is 18.2 Å². The molecule has 3 heterocycles. The van der Waals surface area contributed by atoms with E-state index in [1.807, 2.05) is 0 Å². The first-order valence-corrected chi connectivity index (χ1v) is 12.2. The van der Waals surface area contributed by atoms with E-state index in [4.69, 9.17) is 11.5 Å². The number of aromatic nitrogens is 3. The van der Waals surface area contributed by atoms with Gasteiger partial charge in [0.05, 0.1) is 23.6 Å². The highest BCUT2D eigenvalue weighted by molar-refractivity contribution is 7.19. The molecule has 1 saturated carbocycles. The molecular formula is C23H28FN7OS. The summed E-state index contributed by atoms with van der Waals surface area (Å²) in [6, 6.07) is 6.72. The Morgan fingerprint density at radius 2 is 2.06 bits per heavy atom. The van der Waals surface area contributed by atoms with Crippen LogP contribution in [0, 0.1) is 11.7 Å². The number of carbonyl (C=O) groups excluding carboxylic acids is 1. The van der Waals surface area contributed by atoms with Crippen molar-refractivity contribution >= 4 is 27.9 Å². The van der Waals surface area contributed by atoms with Crippen molar-refractivity contribution < 1.29 is 9.18 Å². The summed E-state index contributed by atoms with van der Waals surface area (Å²) < 4.78 is 14.2. The number of amides is 1. The highest BCUT2D eigenvalue weighted by atomic mass is 32.1. The third kappa shape index (κ3) is 4.64. The molecule has 2 atom stereocenters. The van der Waals surface area contributed by atoms with E-state index in [1.165, 1.54) is 6.07 Å². The molecule has 2 aliphatic rings. The van der Waals surface area contributed by atoms with Gasteiger partial charge in [0.25, 0.3) is 5.91 Å². The van der Waals surface area contributed by atoms with Gasteiger partial charge in [-0.15, -0.1) is 0 Å². The van der Waals surface area contributed by atoms with Crippen LogP contribution in [0.4, 0.5) is 15.1 Å². The number of nitrogens with one attached hydrogen (secondary N) is 2. The molecule has 3 aromatic rings. The minimum Gasteiger partial charge on any atom is -0.389 e. The van der Waals surface area contributed by atoms with Crippen LogP contribution in [0.15, 0.2) is 30.5 Å². The van der Waals surface area contributed by atoms with Gasteiger partial charge >= 0.3 is 0 Å². The molecule has 2 fully saturated rings. The maximum Gasteiger partial charge on any atom is 0.277 e. The molecule has 1 aliphatic heterocycles. The molecule has 6 N–H and O–H groups in total. The lowest BCUT2D eigenvalue weighted by molar-refractivity contribution is 0.102. The number of hydrogen-bond acceptors (Lipinski definition) is 7. The Bertz CT molecular complexity index is 1140. The molecule has 1 saturated heterocycles. The molecule has 8 nitrogen and oxygen atoms in total. The molecule has 5 rings (SSSR count). The second kappa shape index (κ2) is 9.20. The number of aromatic amines is 1. The first-order valence-electron chi connectivity index (χ1n) is 11.4. The summed E-state index contributed by atoms with van der Waals surface area (Å²) in [5.41, 5.74) is 14.2. The predicted octanol–water partition coefficient (Wildman–Crippen LogP) is 3.77. The van der Waals surface area contributed by atoms with Crippen molar-refractivity contribution in [1.29, 1.82) is 0 Å². The van der Waals surface area contributed by atoms with Crippen molar-refractivity contribution in [2.45, 2.75) is 44.2 Å². The van der Waals surface area contributed by atoms with E-state index in [9.17, 15) is 9.18 Å². The van der Waals surface area contributed by atoms with Gasteiger partial charge in [-0.2, -0.15) is 5.10 Å². The van der Waals surface area contributed by atoms with Crippen molar-refractivity contribution in [3.63, 3.8) is 0 Å². The van der Waals surface area contributed by atoms with Crippen molar-refractivity contribution in [1.82, 2.24) is 20.1 Å². The zero-order valence-electron chi connectivity index (χ0n) is 18.3. The van der Waals surface area contributed by atoms with E-state index in [0.717, 1.165) is 62.2 Å². The second-order valence-corrected chi connectivity index (χ2v) is 9.90. The summed E-state index contributed by atoms with van der Waals surface area (Å²) in [7, 11) is 0. The summed E-state index contributed by atoms with van der Waals surface area (Å²) in [4.78, 5) is 19.9. The first-order chi connectivity index (χ1) is 16.0. The number of nitrogens with two attached hydrogens (primary N) is 2. The third-order valence-electron chi connectivity index (χ3n) is 6.45. The van der Waals surface area contributed by atoms with Crippen LogP contribution in [0.25, 0.3) is 10.6 Å². The standard InChI is InChI=1S/C23H28FN7OS/c24-16-6-2-1-5-15(16)23-29-19(21(26)33-23)22(32)28-17-12-27-30-18(17)20(13-7-8-13)31-10-3-4-14(25)9-11-31/h1-2,5-6,12-14,20H,3-4,7-11,25-26H2,(H,27,30)(H,28,32)/t14?,20-/m1/s1. The van der Waals surface area contributed by atoms with Crippen LogP contribution in [0.1, 0.15) is 54.3 Å². The molecule has 1 aromatic carbocycles. The van der Waals surface area contributed by atoms with Crippen LogP contribution >= 0.6 is 11.3 Å². The zero-order chi connectivity index (χ0) is 22.9. The summed E-state index contributed by atoms with van der Waals surface area (Å²) in [6.45, 7) is 1.91. The number of rotatable bonds is 6. The van der Waals surface area contributed by atoms with Gasteiger partial charge in [0.15, 0.2) is 5.69 Å². The Morgan fingerprint density at radius 3 is 2.85 bits per heavy atom. The van der Waals surface area contributed by atoms with E-state index >= 15 is 0 Å². The highest BCUT2D eigenvalue weighted by Gasteiger charge is 2.39. The molecule has 33 heavy (non-hydrogen) atoms. The largest absolute Gasteiger partial charge is 0.389 e. The average Bonchev–Trinajstić information content (AvgIpc) is 3.47. The van der Waals surface area contributed by atoms with Gasteiger partial charge in [-0.3, -0.25) is 14.8 Å². The number of halogens is 1. The van der Waals surface area contributed by atoms with Crippen molar-refractivity contribution in [3.8, 4) is 10.6 Å². The number of H-pyrrole nitrogens is 1. The maximum absolute atomic E-state index is 14.2. The Labute approximate surface area is 195 Å². The van der Waals surface area contributed by atoms with Gasteiger partial charge < -0.3 is 16.8 Å². The van der Waals surface area contributed by atoms with Crippen LogP contribution in [0.5, 0.6) is 0 Å². The SMILES string of the molecule is Nc1sc(-c2ccccc2F)nc1C(=O)Nc1cn[nH]c1[C@@H](C1CC1)N1CCCC(N)CC1. The molecule has 1 unspecified atom stereocenters. The van der Waals surface area contributed by atoms with Gasteiger partial charge in [0.2, 0.25) is 0 Å². The molecule has 0 radical (unpaired) electrons. The monoisotopic (exact) mass is 469 g/mol. The van der Waals surface area contributed by atoms with Gasteiger partial charge in [0.1, 0.15) is 15.8 Å². The lowest BCUT2D eigenvalue weighted by Gasteiger charge is -2.30. The van der Waals surface area contributed by atoms with Crippen LogP contribution in [-0.2, 0) is 0 Å². The summed E-state index contributed by atoms with van der Waals surface area (Å²) in [6.07, 6.45) is 7.01. The average molecular weight is 470 g/mol. The van der Waals surface area contributed by atoms with Crippen LogP contribution < -0.4 is 16.8 Å². The third-order valence-corrected chi connectivity index (χ3v) is 7.37. The molecule has 10 heteroatoms. The summed E-state index contributed by atoms with van der Waals surface area (Å²) >= 11 is 1.10. The molecule has 0 spiro atoms. The minimum absolute atomic E-state index is 0.0918. The normalized spacial score (nSPS) is 20.4. The van der Waals surface area contributed by atoms with E-state index in [-0.39, 0.29) is 22.8 Å². The van der Waals surface area contributed by atoms with Crippen molar-refractivity contribution in [2.75, 3.05) is 24.1 Å².